The SMILES string of the molecule is CCc1cccc(C)c1NC(=S)NC(=O)C=Cc1ccc(C)cc1. The second kappa shape index (κ2) is 8.41. The van der Waals surface area contributed by atoms with Gasteiger partial charge < -0.3 is 5.32 Å². The largest absolute Gasteiger partial charge is 0.332 e. The van der Waals surface area contributed by atoms with Crippen molar-refractivity contribution in [1.29, 1.82) is 0 Å². The number of benzene rings is 2. The van der Waals surface area contributed by atoms with Gasteiger partial charge in [0.2, 0.25) is 5.91 Å². The molecule has 0 radical (unpaired) electrons. The first-order chi connectivity index (χ1) is 11.5. The zero-order valence-corrected chi connectivity index (χ0v) is 15.0. The molecule has 2 aromatic rings. The second-order valence-corrected chi connectivity index (χ2v) is 6.06. The molecule has 0 bridgehead atoms. The number of hydrogen-bond acceptors (Lipinski definition) is 2. The zero-order chi connectivity index (χ0) is 17.5. The molecule has 2 aromatic carbocycles. The maximum Gasteiger partial charge on any atom is 0.250 e. The van der Waals surface area contributed by atoms with Crippen LogP contribution in [0.25, 0.3) is 6.08 Å². The Morgan fingerprint density at radius 3 is 2.50 bits per heavy atom. The molecule has 0 aliphatic carbocycles. The van der Waals surface area contributed by atoms with Crippen molar-refractivity contribution >= 4 is 35.0 Å². The van der Waals surface area contributed by atoms with E-state index in [0.29, 0.717) is 5.11 Å². The van der Waals surface area contributed by atoms with E-state index in [9.17, 15) is 4.79 Å². The Kier molecular flexibility index (Phi) is 6.27. The van der Waals surface area contributed by atoms with Gasteiger partial charge in [-0.05, 0) is 55.3 Å². The van der Waals surface area contributed by atoms with Crippen LogP contribution in [0, 0.1) is 13.8 Å². The van der Waals surface area contributed by atoms with Gasteiger partial charge in [0.15, 0.2) is 5.11 Å². The van der Waals surface area contributed by atoms with Gasteiger partial charge in [0, 0.05) is 11.8 Å². The van der Waals surface area contributed by atoms with E-state index in [4.69, 9.17) is 12.2 Å². The molecule has 4 heteroatoms. The highest BCUT2D eigenvalue weighted by molar-refractivity contribution is 7.80. The van der Waals surface area contributed by atoms with Crippen LogP contribution < -0.4 is 10.6 Å². The molecule has 0 spiro atoms. The molecule has 0 aliphatic heterocycles. The Labute approximate surface area is 148 Å². The quantitative estimate of drug-likeness (QED) is 0.641. The van der Waals surface area contributed by atoms with Crippen LogP contribution >= 0.6 is 12.2 Å². The summed E-state index contributed by atoms with van der Waals surface area (Å²) in [5.74, 6) is -0.250. The predicted molar refractivity (Wildman–Crippen MR) is 105 cm³/mol. The fourth-order valence-electron chi connectivity index (χ4n) is 2.35. The highest BCUT2D eigenvalue weighted by Gasteiger charge is 2.07. The monoisotopic (exact) mass is 338 g/mol. The normalized spacial score (nSPS) is 10.6. The van der Waals surface area contributed by atoms with Crippen molar-refractivity contribution in [3.05, 3.63) is 70.8 Å². The van der Waals surface area contributed by atoms with E-state index >= 15 is 0 Å². The molecule has 2 N–H and O–H groups in total. The lowest BCUT2D eigenvalue weighted by Gasteiger charge is -2.14. The molecule has 2 rings (SSSR count). The minimum atomic E-state index is -0.250. The van der Waals surface area contributed by atoms with E-state index in [0.717, 1.165) is 23.2 Å². The van der Waals surface area contributed by atoms with E-state index in [1.54, 1.807) is 6.08 Å². The predicted octanol–water partition coefficient (Wildman–Crippen LogP) is 4.39. The molecule has 0 atom stereocenters. The first kappa shape index (κ1) is 17.9. The first-order valence-corrected chi connectivity index (χ1v) is 8.35. The molecule has 0 heterocycles. The number of anilines is 1. The van der Waals surface area contributed by atoms with Crippen molar-refractivity contribution in [1.82, 2.24) is 5.32 Å². The number of amides is 1. The van der Waals surface area contributed by atoms with Gasteiger partial charge in [-0.15, -0.1) is 0 Å². The van der Waals surface area contributed by atoms with Crippen LogP contribution in [0.5, 0.6) is 0 Å². The molecule has 24 heavy (non-hydrogen) atoms. The Morgan fingerprint density at radius 1 is 1.12 bits per heavy atom. The number of para-hydroxylation sites is 1. The van der Waals surface area contributed by atoms with Crippen LogP contribution in [0.4, 0.5) is 5.69 Å². The average molecular weight is 338 g/mol. The maximum atomic E-state index is 12.0. The molecule has 3 nitrogen and oxygen atoms in total. The third-order valence-corrected chi connectivity index (χ3v) is 3.92. The minimum absolute atomic E-state index is 0.250. The molecule has 124 valence electrons. The van der Waals surface area contributed by atoms with Gasteiger partial charge in [0.1, 0.15) is 0 Å². The number of hydrogen-bond donors (Lipinski definition) is 2. The van der Waals surface area contributed by atoms with Gasteiger partial charge >= 0.3 is 0 Å². The van der Waals surface area contributed by atoms with Gasteiger partial charge in [-0.1, -0.05) is 55.0 Å². The number of thiocarbonyl (C=S) groups is 1. The Hall–Kier alpha value is -2.46. The third-order valence-electron chi connectivity index (χ3n) is 3.72. The molecule has 0 fully saturated rings. The third kappa shape index (κ3) is 5.03. The van der Waals surface area contributed by atoms with Gasteiger partial charge in [0.05, 0.1) is 0 Å². The highest BCUT2D eigenvalue weighted by atomic mass is 32.1. The summed E-state index contributed by atoms with van der Waals surface area (Å²) in [5.41, 5.74) is 5.39. The maximum absolute atomic E-state index is 12.0. The van der Waals surface area contributed by atoms with Crippen LogP contribution in [0.1, 0.15) is 29.2 Å². The Morgan fingerprint density at radius 2 is 1.83 bits per heavy atom. The van der Waals surface area contributed by atoms with Crippen LogP contribution in [0.2, 0.25) is 0 Å². The topological polar surface area (TPSA) is 41.1 Å². The fraction of sp³-hybridized carbons (Fsp3) is 0.200. The average Bonchev–Trinajstić information content (AvgIpc) is 2.56. The molecule has 1 amide bonds. The highest BCUT2D eigenvalue weighted by Crippen LogP contribution is 2.20. The summed E-state index contributed by atoms with van der Waals surface area (Å²) in [6.45, 7) is 6.13. The van der Waals surface area contributed by atoms with Crippen LogP contribution in [0.3, 0.4) is 0 Å². The summed E-state index contributed by atoms with van der Waals surface area (Å²) in [5, 5.41) is 6.12. The standard InChI is InChI=1S/C20H22N2OS/c1-4-17-7-5-6-15(3)19(17)22-20(24)21-18(23)13-12-16-10-8-14(2)9-11-16/h5-13H,4H2,1-3H3,(H2,21,22,23,24). The lowest BCUT2D eigenvalue weighted by Crippen LogP contribution is -2.33. The van der Waals surface area contributed by atoms with E-state index in [1.807, 2.05) is 50.2 Å². The smallest absolute Gasteiger partial charge is 0.250 e. The molecule has 0 aromatic heterocycles. The molecule has 0 unspecified atom stereocenters. The molecular weight excluding hydrogens is 316 g/mol. The van der Waals surface area contributed by atoms with Crippen molar-refractivity contribution in [3.8, 4) is 0 Å². The van der Waals surface area contributed by atoms with E-state index in [1.165, 1.54) is 17.2 Å². The van der Waals surface area contributed by atoms with Crippen molar-refractivity contribution in [3.63, 3.8) is 0 Å². The van der Waals surface area contributed by atoms with Crippen molar-refractivity contribution in [2.24, 2.45) is 0 Å². The van der Waals surface area contributed by atoms with Crippen LogP contribution in [-0.2, 0) is 11.2 Å². The summed E-state index contributed by atoms with van der Waals surface area (Å²) < 4.78 is 0. The summed E-state index contributed by atoms with van der Waals surface area (Å²) in [7, 11) is 0. The minimum Gasteiger partial charge on any atom is -0.332 e. The van der Waals surface area contributed by atoms with E-state index < -0.39 is 0 Å². The van der Waals surface area contributed by atoms with Gasteiger partial charge in [-0.3, -0.25) is 10.1 Å². The van der Waals surface area contributed by atoms with Gasteiger partial charge in [-0.25, -0.2) is 0 Å². The van der Waals surface area contributed by atoms with Gasteiger partial charge in [-0.2, -0.15) is 0 Å². The second-order valence-electron chi connectivity index (χ2n) is 5.65. The summed E-state index contributed by atoms with van der Waals surface area (Å²) in [6.07, 6.45) is 4.15. The Balaban J connectivity index is 1.97. The molecule has 0 saturated carbocycles. The van der Waals surface area contributed by atoms with Crippen LogP contribution in [0.15, 0.2) is 48.5 Å². The number of carbonyl (C=O) groups excluding carboxylic acids is 1. The van der Waals surface area contributed by atoms with Crippen molar-refractivity contribution in [2.75, 3.05) is 5.32 Å². The number of nitrogens with one attached hydrogen (secondary N) is 2. The summed E-state index contributed by atoms with van der Waals surface area (Å²) in [4.78, 5) is 12.0. The van der Waals surface area contributed by atoms with E-state index in [2.05, 4.69) is 23.6 Å². The zero-order valence-electron chi connectivity index (χ0n) is 14.2. The number of carbonyl (C=O) groups is 1. The lowest BCUT2D eigenvalue weighted by atomic mass is 10.1. The number of aryl methyl sites for hydroxylation is 3. The lowest BCUT2D eigenvalue weighted by molar-refractivity contribution is -0.115. The summed E-state index contributed by atoms with van der Waals surface area (Å²) >= 11 is 5.25. The molecular formula is C20H22N2OS. The Bertz CT molecular complexity index is 764. The van der Waals surface area contributed by atoms with Crippen molar-refractivity contribution < 1.29 is 4.79 Å². The first-order valence-electron chi connectivity index (χ1n) is 7.94. The summed E-state index contributed by atoms with van der Waals surface area (Å²) in [6, 6.07) is 14.0. The molecule has 0 saturated heterocycles. The number of rotatable bonds is 4. The fourth-order valence-corrected chi connectivity index (χ4v) is 2.55. The van der Waals surface area contributed by atoms with Gasteiger partial charge in [0.25, 0.3) is 0 Å². The van der Waals surface area contributed by atoms with Crippen molar-refractivity contribution in [2.45, 2.75) is 27.2 Å². The van der Waals surface area contributed by atoms with Crippen LogP contribution in [-0.4, -0.2) is 11.0 Å². The molecule has 0 aliphatic rings. The van der Waals surface area contributed by atoms with E-state index in [-0.39, 0.29) is 5.91 Å².